The summed E-state index contributed by atoms with van der Waals surface area (Å²) in [4.78, 5) is 9.57. The lowest BCUT2D eigenvalue weighted by Crippen LogP contribution is -1.95. The fourth-order valence-electron chi connectivity index (χ4n) is 2.76. The SMILES string of the molecule is COc1ccc(-c2nc(-c3ccccc3)nc3ccccc23)cc1. The van der Waals surface area contributed by atoms with Crippen molar-refractivity contribution >= 4 is 10.9 Å². The van der Waals surface area contributed by atoms with Crippen LogP contribution in [0.25, 0.3) is 33.5 Å². The normalized spacial score (nSPS) is 10.7. The number of rotatable bonds is 3. The Labute approximate surface area is 140 Å². The molecular weight excluding hydrogens is 296 g/mol. The van der Waals surface area contributed by atoms with Crippen molar-refractivity contribution in [2.24, 2.45) is 0 Å². The molecule has 0 aliphatic carbocycles. The van der Waals surface area contributed by atoms with Crippen molar-refractivity contribution in [3.8, 4) is 28.4 Å². The molecule has 0 radical (unpaired) electrons. The van der Waals surface area contributed by atoms with Crippen LogP contribution >= 0.6 is 0 Å². The predicted molar refractivity (Wildman–Crippen MR) is 97.0 cm³/mol. The molecule has 0 fully saturated rings. The predicted octanol–water partition coefficient (Wildman–Crippen LogP) is 4.97. The van der Waals surface area contributed by atoms with Crippen LogP contribution in [0.15, 0.2) is 78.9 Å². The summed E-state index contributed by atoms with van der Waals surface area (Å²) < 4.78 is 5.25. The van der Waals surface area contributed by atoms with Gasteiger partial charge in [-0.25, -0.2) is 9.97 Å². The molecule has 0 saturated heterocycles. The average molecular weight is 312 g/mol. The third kappa shape index (κ3) is 2.61. The Morgan fingerprint density at radius 1 is 0.667 bits per heavy atom. The zero-order chi connectivity index (χ0) is 16.4. The van der Waals surface area contributed by atoms with Gasteiger partial charge in [0.05, 0.1) is 18.3 Å². The highest BCUT2D eigenvalue weighted by Gasteiger charge is 2.11. The average Bonchev–Trinajstić information content (AvgIpc) is 2.68. The fraction of sp³-hybridized carbons (Fsp3) is 0.0476. The topological polar surface area (TPSA) is 35.0 Å². The molecule has 0 aliphatic heterocycles. The number of ether oxygens (including phenoxy) is 1. The van der Waals surface area contributed by atoms with Crippen molar-refractivity contribution in [1.29, 1.82) is 0 Å². The van der Waals surface area contributed by atoms with E-state index in [0.717, 1.165) is 39.3 Å². The van der Waals surface area contributed by atoms with E-state index in [-0.39, 0.29) is 0 Å². The second-order valence-corrected chi connectivity index (χ2v) is 5.51. The zero-order valence-corrected chi connectivity index (χ0v) is 13.3. The minimum absolute atomic E-state index is 0.736. The minimum Gasteiger partial charge on any atom is -0.497 e. The maximum atomic E-state index is 5.25. The lowest BCUT2D eigenvalue weighted by atomic mass is 10.1. The van der Waals surface area contributed by atoms with Gasteiger partial charge in [-0.05, 0) is 30.3 Å². The number of hydrogen-bond acceptors (Lipinski definition) is 3. The van der Waals surface area contributed by atoms with E-state index in [1.807, 2.05) is 72.8 Å². The number of aromatic nitrogens is 2. The van der Waals surface area contributed by atoms with Crippen LogP contribution < -0.4 is 4.74 Å². The van der Waals surface area contributed by atoms with Gasteiger partial charge in [0.25, 0.3) is 0 Å². The molecule has 0 N–H and O–H groups in total. The first-order chi connectivity index (χ1) is 11.8. The molecule has 3 heteroatoms. The summed E-state index contributed by atoms with van der Waals surface area (Å²) in [7, 11) is 1.67. The van der Waals surface area contributed by atoms with Crippen molar-refractivity contribution < 1.29 is 4.74 Å². The van der Waals surface area contributed by atoms with Crippen molar-refractivity contribution in [1.82, 2.24) is 9.97 Å². The molecule has 1 heterocycles. The number of fused-ring (bicyclic) bond motifs is 1. The standard InChI is InChI=1S/C21H16N2O/c1-24-17-13-11-15(12-14-17)20-18-9-5-6-10-19(18)22-21(23-20)16-7-3-2-4-8-16/h2-14H,1H3. The van der Waals surface area contributed by atoms with E-state index in [4.69, 9.17) is 14.7 Å². The summed E-state index contributed by atoms with van der Waals surface area (Å²) in [5.41, 5.74) is 3.93. The molecule has 0 unspecified atom stereocenters. The summed E-state index contributed by atoms with van der Waals surface area (Å²) in [5, 5.41) is 1.04. The van der Waals surface area contributed by atoms with E-state index in [1.54, 1.807) is 7.11 Å². The summed E-state index contributed by atoms with van der Waals surface area (Å²) in [6.07, 6.45) is 0. The van der Waals surface area contributed by atoms with Gasteiger partial charge in [-0.15, -0.1) is 0 Å². The van der Waals surface area contributed by atoms with Gasteiger partial charge in [0.1, 0.15) is 5.75 Å². The van der Waals surface area contributed by atoms with Crippen LogP contribution in [-0.4, -0.2) is 17.1 Å². The van der Waals surface area contributed by atoms with E-state index in [2.05, 4.69) is 6.07 Å². The molecule has 0 amide bonds. The molecule has 3 aromatic carbocycles. The third-order valence-electron chi connectivity index (χ3n) is 4.00. The van der Waals surface area contributed by atoms with Gasteiger partial charge in [0, 0.05) is 16.5 Å². The third-order valence-corrected chi connectivity index (χ3v) is 4.00. The highest BCUT2D eigenvalue weighted by atomic mass is 16.5. The fourth-order valence-corrected chi connectivity index (χ4v) is 2.76. The second-order valence-electron chi connectivity index (χ2n) is 5.51. The highest BCUT2D eigenvalue weighted by Crippen LogP contribution is 2.29. The molecule has 116 valence electrons. The molecular formula is C21H16N2O. The van der Waals surface area contributed by atoms with E-state index in [0.29, 0.717) is 0 Å². The van der Waals surface area contributed by atoms with Crippen molar-refractivity contribution in [3.63, 3.8) is 0 Å². The molecule has 24 heavy (non-hydrogen) atoms. The van der Waals surface area contributed by atoms with Crippen LogP contribution in [0.1, 0.15) is 0 Å². The second kappa shape index (κ2) is 6.13. The summed E-state index contributed by atoms with van der Waals surface area (Å²) in [6.45, 7) is 0. The Hall–Kier alpha value is -3.20. The highest BCUT2D eigenvalue weighted by molar-refractivity contribution is 5.93. The van der Waals surface area contributed by atoms with Gasteiger partial charge in [-0.2, -0.15) is 0 Å². The number of nitrogens with zero attached hydrogens (tertiary/aromatic N) is 2. The van der Waals surface area contributed by atoms with Crippen LogP contribution in [0.4, 0.5) is 0 Å². The molecule has 4 aromatic rings. The number of hydrogen-bond donors (Lipinski definition) is 0. The Balaban J connectivity index is 1.95. The number of methoxy groups -OCH3 is 1. The van der Waals surface area contributed by atoms with Gasteiger partial charge in [0.15, 0.2) is 5.82 Å². The Kier molecular flexibility index (Phi) is 3.67. The molecule has 4 rings (SSSR count). The van der Waals surface area contributed by atoms with Gasteiger partial charge in [-0.1, -0.05) is 48.5 Å². The van der Waals surface area contributed by atoms with Gasteiger partial charge >= 0.3 is 0 Å². The van der Waals surface area contributed by atoms with Crippen molar-refractivity contribution in [3.05, 3.63) is 78.9 Å². The quantitative estimate of drug-likeness (QED) is 0.535. The van der Waals surface area contributed by atoms with E-state index >= 15 is 0 Å². The largest absolute Gasteiger partial charge is 0.497 e. The van der Waals surface area contributed by atoms with Crippen LogP contribution in [0.3, 0.4) is 0 Å². The summed E-state index contributed by atoms with van der Waals surface area (Å²) in [6, 6.07) is 26.1. The van der Waals surface area contributed by atoms with Crippen molar-refractivity contribution in [2.75, 3.05) is 7.11 Å². The van der Waals surface area contributed by atoms with Crippen molar-refractivity contribution in [2.45, 2.75) is 0 Å². The Morgan fingerprint density at radius 2 is 1.38 bits per heavy atom. The maximum Gasteiger partial charge on any atom is 0.160 e. The first kappa shape index (κ1) is 14.4. The summed E-state index contributed by atoms with van der Waals surface area (Å²) in [5.74, 6) is 1.57. The van der Waals surface area contributed by atoms with E-state index < -0.39 is 0 Å². The molecule has 1 aromatic heterocycles. The number of para-hydroxylation sites is 1. The van der Waals surface area contributed by atoms with Crippen LogP contribution in [0, 0.1) is 0 Å². The van der Waals surface area contributed by atoms with Gasteiger partial charge in [0.2, 0.25) is 0 Å². The first-order valence-electron chi connectivity index (χ1n) is 7.82. The maximum absolute atomic E-state index is 5.25. The molecule has 0 atom stereocenters. The molecule has 0 saturated carbocycles. The van der Waals surface area contributed by atoms with Crippen LogP contribution in [0.5, 0.6) is 5.75 Å². The minimum atomic E-state index is 0.736. The van der Waals surface area contributed by atoms with E-state index in [9.17, 15) is 0 Å². The number of benzene rings is 3. The zero-order valence-electron chi connectivity index (χ0n) is 13.3. The first-order valence-corrected chi connectivity index (χ1v) is 7.82. The van der Waals surface area contributed by atoms with Crippen LogP contribution in [0.2, 0.25) is 0 Å². The smallest absolute Gasteiger partial charge is 0.160 e. The van der Waals surface area contributed by atoms with Gasteiger partial charge in [-0.3, -0.25) is 0 Å². The lowest BCUT2D eigenvalue weighted by Gasteiger charge is -2.10. The molecule has 0 aliphatic rings. The van der Waals surface area contributed by atoms with E-state index in [1.165, 1.54) is 0 Å². The monoisotopic (exact) mass is 312 g/mol. The van der Waals surface area contributed by atoms with Gasteiger partial charge < -0.3 is 4.74 Å². The molecule has 0 spiro atoms. The molecule has 0 bridgehead atoms. The Morgan fingerprint density at radius 3 is 2.12 bits per heavy atom. The summed E-state index contributed by atoms with van der Waals surface area (Å²) >= 11 is 0. The molecule has 3 nitrogen and oxygen atoms in total. The Bertz CT molecular complexity index is 980. The van der Waals surface area contributed by atoms with Crippen LogP contribution in [-0.2, 0) is 0 Å². The lowest BCUT2D eigenvalue weighted by molar-refractivity contribution is 0.415.